The van der Waals surface area contributed by atoms with E-state index in [0.717, 1.165) is 11.3 Å². The molecule has 1 aliphatic heterocycles. The van der Waals surface area contributed by atoms with Crippen LogP contribution in [-0.4, -0.2) is 30.7 Å². The molecule has 2 aromatic rings. The number of ether oxygens (including phenoxy) is 3. The zero-order valence-corrected chi connectivity index (χ0v) is 16.9. The number of nitrogens with one attached hydrogen (secondary N) is 2. The Morgan fingerprint density at radius 1 is 1.03 bits per heavy atom. The van der Waals surface area contributed by atoms with Crippen LogP contribution in [0.25, 0.3) is 0 Å². The highest BCUT2D eigenvalue weighted by Gasteiger charge is 2.39. The van der Waals surface area contributed by atoms with E-state index in [0.29, 0.717) is 17.8 Å². The zero-order chi connectivity index (χ0) is 21.7. The van der Waals surface area contributed by atoms with Gasteiger partial charge in [0.25, 0.3) is 11.7 Å². The second-order valence-electron chi connectivity index (χ2n) is 6.96. The van der Waals surface area contributed by atoms with E-state index in [-0.39, 0.29) is 11.5 Å². The van der Waals surface area contributed by atoms with Crippen molar-refractivity contribution in [1.82, 2.24) is 5.32 Å². The van der Waals surface area contributed by atoms with Crippen LogP contribution < -0.4 is 15.4 Å². The van der Waals surface area contributed by atoms with Crippen LogP contribution in [0.15, 0.2) is 60.3 Å². The summed E-state index contributed by atoms with van der Waals surface area (Å²) >= 11 is 0. The first-order valence-corrected chi connectivity index (χ1v) is 9.22. The quantitative estimate of drug-likeness (QED) is 0.429. The summed E-state index contributed by atoms with van der Waals surface area (Å²) in [6.45, 7) is 3.26. The predicted octanol–water partition coefficient (Wildman–Crippen LogP) is 2.76. The molecule has 1 aliphatic rings. The lowest BCUT2D eigenvalue weighted by atomic mass is 10.1. The van der Waals surface area contributed by atoms with E-state index in [4.69, 9.17) is 14.2 Å². The number of cyclic esters (lactones) is 2. The van der Waals surface area contributed by atoms with Gasteiger partial charge in [0.1, 0.15) is 5.75 Å². The first kappa shape index (κ1) is 20.9. The number of amides is 1. The summed E-state index contributed by atoms with van der Waals surface area (Å²) in [5.74, 6) is -2.50. The van der Waals surface area contributed by atoms with Crippen molar-refractivity contribution in [3.8, 4) is 5.75 Å². The molecule has 3 rings (SSSR count). The van der Waals surface area contributed by atoms with Crippen molar-refractivity contribution in [1.29, 1.82) is 0 Å². The van der Waals surface area contributed by atoms with Gasteiger partial charge in [-0.15, -0.1) is 0 Å². The molecule has 1 amide bonds. The van der Waals surface area contributed by atoms with Crippen LogP contribution in [0.3, 0.4) is 0 Å². The maximum absolute atomic E-state index is 12.6. The highest BCUT2D eigenvalue weighted by Crippen LogP contribution is 2.23. The lowest BCUT2D eigenvalue weighted by Crippen LogP contribution is -2.42. The number of benzene rings is 2. The van der Waals surface area contributed by atoms with Crippen LogP contribution >= 0.6 is 0 Å². The van der Waals surface area contributed by atoms with Gasteiger partial charge in [0.15, 0.2) is 5.57 Å². The van der Waals surface area contributed by atoms with Crippen LogP contribution in [0.2, 0.25) is 0 Å². The van der Waals surface area contributed by atoms with Crippen LogP contribution in [0.1, 0.15) is 29.8 Å². The molecule has 0 bridgehead atoms. The van der Waals surface area contributed by atoms with Gasteiger partial charge < -0.3 is 24.8 Å². The van der Waals surface area contributed by atoms with Gasteiger partial charge in [0.05, 0.1) is 18.4 Å². The lowest BCUT2D eigenvalue weighted by molar-refractivity contribution is -0.222. The van der Waals surface area contributed by atoms with E-state index in [1.807, 2.05) is 24.3 Å². The number of esters is 2. The van der Waals surface area contributed by atoms with E-state index in [1.54, 1.807) is 31.4 Å². The fourth-order valence-electron chi connectivity index (χ4n) is 2.76. The molecule has 0 radical (unpaired) electrons. The maximum atomic E-state index is 12.6. The Morgan fingerprint density at radius 3 is 2.30 bits per heavy atom. The smallest absolute Gasteiger partial charge is 0.350 e. The molecule has 1 heterocycles. The largest absolute Gasteiger partial charge is 0.497 e. The van der Waals surface area contributed by atoms with E-state index in [9.17, 15) is 14.4 Å². The zero-order valence-electron chi connectivity index (χ0n) is 16.9. The molecule has 1 saturated heterocycles. The Balaban J connectivity index is 1.70. The number of para-hydroxylation sites is 1. The Hall–Kier alpha value is -3.81. The number of anilines is 1. The number of carbonyl (C=O) groups excluding carboxylic acids is 3. The van der Waals surface area contributed by atoms with Crippen molar-refractivity contribution < 1.29 is 28.6 Å². The molecule has 1 fully saturated rings. The van der Waals surface area contributed by atoms with Gasteiger partial charge in [-0.1, -0.05) is 24.3 Å². The van der Waals surface area contributed by atoms with Gasteiger partial charge in [-0.3, -0.25) is 4.79 Å². The molecular formula is C22H22N2O6. The molecule has 0 saturated carbocycles. The Labute approximate surface area is 173 Å². The van der Waals surface area contributed by atoms with Gasteiger partial charge >= 0.3 is 11.9 Å². The van der Waals surface area contributed by atoms with Crippen molar-refractivity contribution in [2.75, 3.05) is 12.4 Å². The molecule has 8 heteroatoms. The van der Waals surface area contributed by atoms with E-state index in [1.165, 1.54) is 20.0 Å². The second-order valence-corrected chi connectivity index (χ2v) is 6.96. The molecule has 30 heavy (non-hydrogen) atoms. The topological polar surface area (TPSA) is 103 Å². The van der Waals surface area contributed by atoms with Crippen molar-refractivity contribution in [3.63, 3.8) is 0 Å². The molecule has 2 N–H and O–H groups in total. The van der Waals surface area contributed by atoms with Crippen molar-refractivity contribution in [3.05, 3.63) is 71.4 Å². The van der Waals surface area contributed by atoms with E-state index >= 15 is 0 Å². The summed E-state index contributed by atoms with van der Waals surface area (Å²) in [5.41, 5.74) is 1.39. The lowest BCUT2D eigenvalue weighted by Gasteiger charge is -2.29. The van der Waals surface area contributed by atoms with Gasteiger partial charge in [0.2, 0.25) is 0 Å². The number of hydrogen-bond donors (Lipinski definition) is 2. The Bertz CT molecular complexity index is 973. The molecule has 0 spiro atoms. The van der Waals surface area contributed by atoms with Crippen LogP contribution in [0, 0.1) is 0 Å². The number of rotatable bonds is 6. The fraction of sp³-hybridized carbons (Fsp3) is 0.227. The molecule has 156 valence electrons. The predicted molar refractivity (Wildman–Crippen MR) is 109 cm³/mol. The average Bonchev–Trinajstić information content (AvgIpc) is 2.71. The Morgan fingerprint density at radius 2 is 1.67 bits per heavy atom. The molecule has 0 atom stereocenters. The minimum absolute atomic E-state index is 0.289. The molecule has 0 aliphatic carbocycles. The van der Waals surface area contributed by atoms with Crippen LogP contribution in [0.4, 0.5) is 5.69 Å². The third-order valence-corrected chi connectivity index (χ3v) is 4.27. The summed E-state index contributed by atoms with van der Waals surface area (Å²) in [5, 5.41) is 5.66. The van der Waals surface area contributed by atoms with Gasteiger partial charge in [-0.2, -0.15) is 0 Å². The maximum Gasteiger partial charge on any atom is 0.350 e. The minimum Gasteiger partial charge on any atom is -0.497 e. The fourth-order valence-corrected chi connectivity index (χ4v) is 2.76. The summed E-state index contributed by atoms with van der Waals surface area (Å²) in [7, 11) is 1.59. The average molecular weight is 410 g/mol. The summed E-state index contributed by atoms with van der Waals surface area (Å²) in [4.78, 5) is 36.7. The van der Waals surface area contributed by atoms with Crippen molar-refractivity contribution in [2.45, 2.75) is 26.2 Å². The number of hydrogen-bond acceptors (Lipinski definition) is 7. The summed E-state index contributed by atoms with van der Waals surface area (Å²) < 4.78 is 15.2. The summed E-state index contributed by atoms with van der Waals surface area (Å²) in [6, 6.07) is 14.1. The first-order chi connectivity index (χ1) is 14.3. The highest BCUT2D eigenvalue weighted by molar-refractivity contribution is 6.15. The Kier molecular flexibility index (Phi) is 6.06. The molecule has 2 aromatic carbocycles. The van der Waals surface area contributed by atoms with Crippen LogP contribution in [0.5, 0.6) is 5.75 Å². The molecule has 8 nitrogen and oxygen atoms in total. The standard InChI is InChI=1S/C22H22N2O6/c1-22(2)29-20(26)17(21(27)30-22)13-23-18-7-5-4-6-16(18)19(25)24-12-14-8-10-15(28-3)11-9-14/h4-11,13,23H,12H2,1-3H3,(H,24,25). The number of methoxy groups -OCH3 is 1. The summed E-state index contributed by atoms with van der Waals surface area (Å²) in [6.07, 6.45) is 1.18. The van der Waals surface area contributed by atoms with Crippen molar-refractivity contribution in [2.24, 2.45) is 0 Å². The molecular weight excluding hydrogens is 388 g/mol. The van der Waals surface area contributed by atoms with E-state index in [2.05, 4.69) is 10.6 Å². The molecule has 0 unspecified atom stereocenters. The second kappa shape index (κ2) is 8.69. The van der Waals surface area contributed by atoms with E-state index < -0.39 is 17.7 Å². The van der Waals surface area contributed by atoms with Crippen molar-refractivity contribution >= 4 is 23.5 Å². The number of carbonyl (C=O) groups is 3. The van der Waals surface area contributed by atoms with Gasteiger partial charge in [-0.05, 0) is 29.8 Å². The minimum atomic E-state index is -1.31. The first-order valence-electron chi connectivity index (χ1n) is 9.22. The normalized spacial score (nSPS) is 15.0. The van der Waals surface area contributed by atoms with Gasteiger partial charge in [-0.25, -0.2) is 9.59 Å². The monoisotopic (exact) mass is 410 g/mol. The molecule has 0 aromatic heterocycles. The SMILES string of the molecule is COc1ccc(CNC(=O)c2ccccc2NC=C2C(=O)OC(C)(C)OC2=O)cc1. The third-order valence-electron chi connectivity index (χ3n) is 4.27. The third kappa shape index (κ3) is 4.96. The van der Waals surface area contributed by atoms with Gasteiger partial charge in [0, 0.05) is 26.6 Å². The van der Waals surface area contributed by atoms with Crippen LogP contribution in [-0.2, 0) is 25.6 Å². The highest BCUT2D eigenvalue weighted by atomic mass is 16.7.